The van der Waals surface area contributed by atoms with Crippen LogP contribution >= 0.6 is 0 Å². The van der Waals surface area contributed by atoms with Crippen LogP contribution in [0.3, 0.4) is 0 Å². The minimum atomic E-state index is -3.75. The molecule has 5 rings (SSSR count). The van der Waals surface area contributed by atoms with Gasteiger partial charge in [-0.1, -0.05) is 12.1 Å². The number of aromatic nitrogens is 2. The summed E-state index contributed by atoms with van der Waals surface area (Å²) < 4.78 is 33.3. The van der Waals surface area contributed by atoms with Gasteiger partial charge in [0.05, 0.1) is 28.6 Å². The van der Waals surface area contributed by atoms with Gasteiger partial charge in [0.2, 0.25) is 10.0 Å². The third-order valence-electron chi connectivity index (χ3n) is 6.61. The van der Waals surface area contributed by atoms with Crippen molar-refractivity contribution in [2.75, 3.05) is 20.2 Å². The molecule has 2 aliphatic rings. The summed E-state index contributed by atoms with van der Waals surface area (Å²) in [5.74, 6) is 0.572. The number of nitrogens with zero attached hydrogens (tertiary/aromatic N) is 1. The number of sulfonamides is 1. The predicted molar refractivity (Wildman–Crippen MR) is 111 cm³/mol. The molecule has 1 saturated carbocycles. The standard InChI is InChI=1S/C21H23N3O5S/c1-29-15-4-2-3-14(9-15)21(26)8-7-13-11-24(12-17(13)21)30(27,28)16-5-6-18-19(10-16)23-20(25)22-18/h2-6,9-10,13,17,26H,7-8,11-12H2,1H3,(H2,22,23,25). The van der Waals surface area contributed by atoms with Gasteiger partial charge in [0, 0.05) is 19.0 Å². The maximum atomic E-state index is 13.3. The van der Waals surface area contributed by atoms with Crippen molar-refractivity contribution in [3.8, 4) is 5.75 Å². The molecule has 0 amide bonds. The molecule has 0 radical (unpaired) electrons. The molecule has 3 N–H and O–H groups in total. The van der Waals surface area contributed by atoms with Crippen LogP contribution in [-0.2, 0) is 15.6 Å². The molecule has 1 aromatic heterocycles. The highest BCUT2D eigenvalue weighted by molar-refractivity contribution is 7.89. The highest BCUT2D eigenvalue weighted by Crippen LogP contribution is 2.51. The maximum Gasteiger partial charge on any atom is 0.323 e. The lowest BCUT2D eigenvalue weighted by Crippen LogP contribution is -2.36. The number of ether oxygens (including phenoxy) is 1. The number of benzene rings is 2. The van der Waals surface area contributed by atoms with Crippen molar-refractivity contribution < 1.29 is 18.3 Å². The van der Waals surface area contributed by atoms with E-state index in [0.29, 0.717) is 29.7 Å². The predicted octanol–water partition coefficient (Wildman–Crippen LogP) is 1.78. The Morgan fingerprint density at radius 3 is 2.73 bits per heavy atom. The van der Waals surface area contributed by atoms with Crippen LogP contribution in [0.5, 0.6) is 5.75 Å². The van der Waals surface area contributed by atoms with E-state index in [0.717, 1.165) is 12.0 Å². The highest BCUT2D eigenvalue weighted by atomic mass is 32.2. The molecule has 2 heterocycles. The molecule has 0 bridgehead atoms. The zero-order valence-corrected chi connectivity index (χ0v) is 17.3. The molecular formula is C21H23N3O5S. The first-order chi connectivity index (χ1) is 14.3. The minimum absolute atomic E-state index is 0.0896. The summed E-state index contributed by atoms with van der Waals surface area (Å²) in [4.78, 5) is 16.8. The van der Waals surface area contributed by atoms with Crippen molar-refractivity contribution in [3.05, 3.63) is 58.5 Å². The average Bonchev–Trinajstić information content (AvgIpc) is 3.42. The third-order valence-corrected chi connectivity index (χ3v) is 8.44. The van der Waals surface area contributed by atoms with Gasteiger partial charge in [-0.3, -0.25) is 0 Å². The Bertz CT molecular complexity index is 1280. The maximum absolute atomic E-state index is 13.3. The molecule has 1 aliphatic heterocycles. The lowest BCUT2D eigenvalue weighted by Gasteiger charge is -2.31. The van der Waals surface area contributed by atoms with E-state index in [1.807, 2.05) is 24.3 Å². The lowest BCUT2D eigenvalue weighted by atomic mass is 9.82. The van der Waals surface area contributed by atoms with Gasteiger partial charge in [-0.15, -0.1) is 0 Å². The van der Waals surface area contributed by atoms with E-state index in [1.54, 1.807) is 13.2 Å². The molecule has 158 valence electrons. The zero-order chi connectivity index (χ0) is 21.1. The monoisotopic (exact) mass is 429 g/mol. The van der Waals surface area contributed by atoms with Crippen LogP contribution in [0.4, 0.5) is 0 Å². The number of methoxy groups -OCH3 is 1. The number of hydrogen-bond donors (Lipinski definition) is 3. The minimum Gasteiger partial charge on any atom is -0.497 e. The van der Waals surface area contributed by atoms with Gasteiger partial charge in [0.15, 0.2) is 0 Å². The Labute approximate surface area is 173 Å². The molecular weight excluding hydrogens is 406 g/mol. The van der Waals surface area contributed by atoms with Gasteiger partial charge in [-0.05, 0) is 54.7 Å². The summed E-state index contributed by atoms with van der Waals surface area (Å²) in [7, 11) is -2.16. The smallest absolute Gasteiger partial charge is 0.323 e. The molecule has 2 aromatic carbocycles. The Kier molecular flexibility index (Phi) is 4.32. The van der Waals surface area contributed by atoms with E-state index in [-0.39, 0.29) is 29.0 Å². The molecule has 1 aliphatic carbocycles. The van der Waals surface area contributed by atoms with Crippen molar-refractivity contribution in [2.45, 2.75) is 23.3 Å². The van der Waals surface area contributed by atoms with Gasteiger partial charge in [-0.2, -0.15) is 4.31 Å². The van der Waals surface area contributed by atoms with Gasteiger partial charge in [0.25, 0.3) is 0 Å². The van der Waals surface area contributed by atoms with Crippen molar-refractivity contribution in [1.29, 1.82) is 0 Å². The molecule has 3 aromatic rings. The SMILES string of the molecule is COc1cccc(C2(O)CCC3CN(S(=O)(=O)c4ccc5[nH]c(=O)[nH]c5c4)CC32)c1. The summed E-state index contributed by atoms with van der Waals surface area (Å²) in [5, 5.41) is 11.5. The summed E-state index contributed by atoms with van der Waals surface area (Å²) >= 11 is 0. The van der Waals surface area contributed by atoms with E-state index in [1.165, 1.54) is 16.4 Å². The summed E-state index contributed by atoms with van der Waals surface area (Å²) in [6.07, 6.45) is 1.36. The Morgan fingerprint density at radius 2 is 1.93 bits per heavy atom. The lowest BCUT2D eigenvalue weighted by molar-refractivity contribution is -0.00416. The van der Waals surface area contributed by atoms with Gasteiger partial charge in [0.1, 0.15) is 5.75 Å². The van der Waals surface area contributed by atoms with E-state index >= 15 is 0 Å². The van der Waals surface area contributed by atoms with E-state index < -0.39 is 15.6 Å². The molecule has 1 saturated heterocycles. The summed E-state index contributed by atoms with van der Waals surface area (Å²) in [6, 6.07) is 11.9. The number of rotatable bonds is 4. The van der Waals surface area contributed by atoms with E-state index in [2.05, 4.69) is 9.97 Å². The van der Waals surface area contributed by atoms with Crippen LogP contribution < -0.4 is 10.4 Å². The normalized spacial score (nSPS) is 26.9. The van der Waals surface area contributed by atoms with Crippen molar-refractivity contribution in [3.63, 3.8) is 0 Å². The molecule has 8 nitrogen and oxygen atoms in total. The number of imidazole rings is 1. The van der Waals surface area contributed by atoms with Crippen LogP contribution in [0.25, 0.3) is 11.0 Å². The molecule has 0 spiro atoms. The first-order valence-electron chi connectivity index (χ1n) is 9.90. The first kappa shape index (κ1) is 19.3. The molecule has 3 atom stereocenters. The molecule has 3 unspecified atom stereocenters. The fourth-order valence-corrected chi connectivity index (χ4v) is 6.57. The zero-order valence-electron chi connectivity index (χ0n) is 16.5. The van der Waals surface area contributed by atoms with Crippen molar-refractivity contribution in [2.24, 2.45) is 11.8 Å². The average molecular weight is 429 g/mol. The van der Waals surface area contributed by atoms with E-state index in [9.17, 15) is 18.3 Å². The number of H-pyrrole nitrogens is 2. The highest BCUT2D eigenvalue weighted by Gasteiger charge is 2.54. The molecule has 2 fully saturated rings. The van der Waals surface area contributed by atoms with Crippen LogP contribution in [0.15, 0.2) is 52.2 Å². The third kappa shape index (κ3) is 2.88. The molecule has 30 heavy (non-hydrogen) atoms. The van der Waals surface area contributed by atoms with Gasteiger partial charge < -0.3 is 19.8 Å². The summed E-state index contributed by atoms with van der Waals surface area (Å²) in [6.45, 7) is 0.628. The Hall–Kier alpha value is -2.62. The number of aliphatic hydroxyl groups is 1. The Morgan fingerprint density at radius 1 is 1.13 bits per heavy atom. The number of hydrogen-bond acceptors (Lipinski definition) is 5. The van der Waals surface area contributed by atoms with Crippen LogP contribution in [-0.4, -0.2) is 48.0 Å². The second-order valence-electron chi connectivity index (χ2n) is 8.17. The van der Waals surface area contributed by atoms with Crippen LogP contribution in [0.2, 0.25) is 0 Å². The summed E-state index contributed by atoms with van der Waals surface area (Å²) in [5.41, 5.74) is 0.316. The van der Waals surface area contributed by atoms with Crippen molar-refractivity contribution >= 4 is 21.1 Å². The topological polar surface area (TPSA) is 115 Å². The van der Waals surface area contributed by atoms with Crippen molar-refractivity contribution in [1.82, 2.24) is 14.3 Å². The number of fused-ring (bicyclic) bond motifs is 2. The van der Waals surface area contributed by atoms with Gasteiger partial charge >= 0.3 is 5.69 Å². The Balaban J connectivity index is 1.46. The van der Waals surface area contributed by atoms with Crippen LogP contribution in [0, 0.1) is 11.8 Å². The largest absolute Gasteiger partial charge is 0.497 e. The van der Waals surface area contributed by atoms with Gasteiger partial charge in [-0.25, -0.2) is 13.2 Å². The fraction of sp³-hybridized carbons (Fsp3) is 0.381. The second-order valence-corrected chi connectivity index (χ2v) is 10.1. The number of nitrogens with one attached hydrogen (secondary N) is 2. The fourth-order valence-electron chi connectivity index (χ4n) is 5.02. The quantitative estimate of drug-likeness (QED) is 0.585. The molecule has 9 heteroatoms. The van der Waals surface area contributed by atoms with Crippen LogP contribution in [0.1, 0.15) is 18.4 Å². The van der Waals surface area contributed by atoms with E-state index in [4.69, 9.17) is 4.74 Å². The number of aromatic amines is 2. The second kappa shape index (κ2) is 6.69. The first-order valence-corrected chi connectivity index (χ1v) is 11.3.